The van der Waals surface area contributed by atoms with E-state index in [9.17, 15) is 0 Å². The molecule has 0 N–H and O–H groups in total. The van der Waals surface area contributed by atoms with E-state index in [0.29, 0.717) is 0 Å². The van der Waals surface area contributed by atoms with Crippen molar-refractivity contribution >= 4 is 14.7 Å². The molecule has 3 heteroatoms. The molecule has 2 aromatic carbocycles. The molecule has 0 unspecified atom stereocenters. The highest BCUT2D eigenvalue weighted by Crippen LogP contribution is 2.22. The van der Waals surface area contributed by atoms with Gasteiger partial charge in [0, 0.05) is 28.2 Å². The molecule has 2 nitrogen and oxygen atoms in total. The summed E-state index contributed by atoms with van der Waals surface area (Å²) in [5.41, 5.74) is 4.90. The third kappa shape index (κ3) is 5.16. The molecule has 0 bridgehead atoms. The topological polar surface area (TPSA) is 6.48 Å². The van der Waals surface area contributed by atoms with Crippen LogP contribution in [0.4, 0.5) is 0 Å². The molecule has 126 valence electrons. The number of hydrogen-bond acceptors (Lipinski definition) is 2. The molecule has 0 aromatic heterocycles. The van der Waals surface area contributed by atoms with Gasteiger partial charge in [-0.15, -0.1) is 0 Å². The normalized spacial score (nSPS) is 11.1. The summed E-state index contributed by atoms with van der Waals surface area (Å²) in [5, 5.41) is 0. The van der Waals surface area contributed by atoms with E-state index in [4.69, 9.17) is 0 Å². The summed E-state index contributed by atoms with van der Waals surface area (Å²) in [4.78, 5) is 0. The van der Waals surface area contributed by atoms with Crippen LogP contribution in [0.25, 0.3) is 5.57 Å². The van der Waals surface area contributed by atoms with Crippen molar-refractivity contribution in [3.63, 3.8) is 0 Å². The first-order valence-electron chi connectivity index (χ1n) is 8.53. The van der Waals surface area contributed by atoms with Crippen LogP contribution in [0.2, 0.25) is 6.04 Å². The van der Waals surface area contributed by atoms with Crippen molar-refractivity contribution in [2.75, 3.05) is 28.2 Å². The van der Waals surface area contributed by atoms with Crippen LogP contribution in [0.3, 0.4) is 0 Å². The summed E-state index contributed by atoms with van der Waals surface area (Å²) in [6.45, 7) is 4.24. The van der Waals surface area contributed by atoms with Gasteiger partial charge in [0.05, 0.1) is 6.04 Å². The van der Waals surface area contributed by atoms with Gasteiger partial charge in [0.2, 0.25) is 0 Å². The molecule has 2 aromatic rings. The lowest BCUT2D eigenvalue weighted by molar-refractivity contribution is 0.510. The molecule has 0 saturated carbocycles. The van der Waals surface area contributed by atoms with E-state index in [1.807, 2.05) is 6.07 Å². The summed E-state index contributed by atoms with van der Waals surface area (Å²) in [7, 11) is 8.22. The lowest BCUT2D eigenvalue weighted by Crippen LogP contribution is -2.45. The number of hydrogen-bond donors (Lipinski definition) is 0. The Balaban J connectivity index is 1.92. The molecular formula is C21H29N2Si+. The van der Waals surface area contributed by atoms with E-state index in [0.717, 1.165) is 12.0 Å². The average molecular weight is 338 g/mol. The summed E-state index contributed by atoms with van der Waals surface area (Å²) >= 11 is 0. The summed E-state index contributed by atoms with van der Waals surface area (Å²) in [5.74, 6) is 0. The maximum Gasteiger partial charge on any atom is 0.500 e. The van der Waals surface area contributed by atoms with Gasteiger partial charge in [0.15, 0.2) is 0 Å². The second-order valence-electron chi connectivity index (χ2n) is 6.60. The number of rotatable bonds is 8. The van der Waals surface area contributed by atoms with Crippen molar-refractivity contribution in [3.8, 4) is 0 Å². The van der Waals surface area contributed by atoms with Crippen molar-refractivity contribution in [1.29, 1.82) is 0 Å². The van der Waals surface area contributed by atoms with Crippen LogP contribution in [0.5, 0.6) is 0 Å². The van der Waals surface area contributed by atoms with Crippen molar-refractivity contribution < 1.29 is 0 Å². The van der Waals surface area contributed by atoms with Gasteiger partial charge in [-0.3, -0.25) is 0 Å². The van der Waals surface area contributed by atoms with Crippen molar-refractivity contribution in [2.45, 2.75) is 18.9 Å². The molecule has 0 spiro atoms. The van der Waals surface area contributed by atoms with Crippen LogP contribution in [0.1, 0.15) is 23.1 Å². The molecule has 2 rings (SSSR count). The van der Waals surface area contributed by atoms with Crippen LogP contribution in [0.15, 0.2) is 61.2 Å². The largest absolute Gasteiger partial charge is 0.500 e. The van der Waals surface area contributed by atoms with Gasteiger partial charge in [0.1, 0.15) is 0 Å². The molecule has 24 heavy (non-hydrogen) atoms. The Morgan fingerprint density at radius 1 is 0.833 bits per heavy atom. The number of aryl methyl sites for hydroxylation is 1. The first-order valence-corrected chi connectivity index (χ1v) is 10.1. The highest BCUT2D eigenvalue weighted by atomic mass is 28.3. The first kappa shape index (κ1) is 18.7. The van der Waals surface area contributed by atoms with Crippen LogP contribution >= 0.6 is 0 Å². The second-order valence-corrected chi connectivity index (χ2v) is 9.72. The van der Waals surface area contributed by atoms with Gasteiger partial charge < -0.3 is 0 Å². The third-order valence-corrected chi connectivity index (χ3v) is 7.19. The van der Waals surface area contributed by atoms with Crippen LogP contribution in [-0.2, 0) is 6.42 Å². The quantitative estimate of drug-likeness (QED) is 0.663. The van der Waals surface area contributed by atoms with Gasteiger partial charge in [-0.1, -0.05) is 61.2 Å². The van der Waals surface area contributed by atoms with Gasteiger partial charge in [-0.2, -0.15) is 9.13 Å². The van der Waals surface area contributed by atoms with Crippen LogP contribution in [0, 0.1) is 0 Å². The fraction of sp³-hybridized carbons (Fsp3) is 0.333. The second kappa shape index (κ2) is 8.97. The Labute approximate surface area is 149 Å². The van der Waals surface area contributed by atoms with E-state index in [-0.39, 0.29) is 0 Å². The zero-order valence-electron chi connectivity index (χ0n) is 15.4. The number of benzene rings is 2. The van der Waals surface area contributed by atoms with Gasteiger partial charge in [0.25, 0.3) is 0 Å². The monoisotopic (exact) mass is 337 g/mol. The van der Waals surface area contributed by atoms with Crippen molar-refractivity contribution in [2.24, 2.45) is 0 Å². The summed E-state index contributed by atoms with van der Waals surface area (Å²) in [6, 6.07) is 20.6. The Bertz CT molecular complexity index is 625. The Hall–Kier alpha value is -1.68. The molecule has 0 amide bonds. The molecule has 0 aliphatic heterocycles. The predicted molar refractivity (Wildman–Crippen MR) is 107 cm³/mol. The fourth-order valence-corrected chi connectivity index (χ4v) is 5.16. The number of nitrogens with zero attached hydrogens (tertiary/aromatic N) is 2. The van der Waals surface area contributed by atoms with Crippen molar-refractivity contribution in [3.05, 3.63) is 77.9 Å². The molecule has 0 atom stereocenters. The average Bonchev–Trinajstić information content (AvgIpc) is 2.58. The van der Waals surface area contributed by atoms with Gasteiger partial charge >= 0.3 is 9.12 Å². The fourth-order valence-electron chi connectivity index (χ4n) is 2.98. The predicted octanol–water partition coefficient (Wildman–Crippen LogP) is 4.29. The molecule has 0 saturated heterocycles. The maximum absolute atomic E-state index is 4.24. The van der Waals surface area contributed by atoms with Crippen molar-refractivity contribution in [1.82, 2.24) is 9.13 Å². The Kier molecular flexibility index (Phi) is 6.97. The van der Waals surface area contributed by atoms with Crippen LogP contribution < -0.4 is 0 Å². The molecule has 0 aliphatic carbocycles. The first-order chi connectivity index (χ1) is 11.5. The Morgan fingerprint density at radius 2 is 1.38 bits per heavy atom. The van der Waals surface area contributed by atoms with Gasteiger partial charge in [-0.05, 0) is 35.1 Å². The van der Waals surface area contributed by atoms with E-state index in [1.165, 1.54) is 29.2 Å². The minimum absolute atomic E-state index is 0.553. The van der Waals surface area contributed by atoms with E-state index in [2.05, 4.69) is 92.4 Å². The van der Waals surface area contributed by atoms with E-state index in [1.54, 1.807) is 0 Å². The molecular weight excluding hydrogens is 308 g/mol. The summed E-state index contributed by atoms with van der Waals surface area (Å²) in [6.07, 6.45) is 2.39. The molecule has 0 fully saturated rings. The highest BCUT2D eigenvalue weighted by molar-refractivity contribution is 6.52. The zero-order valence-corrected chi connectivity index (χ0v) is 16.4. The minimum atomic E-state index is -0.553. The zero-order chi connectivity index (χ0) is 17.5. The van der Waals surface area contributed by atoms with E-state index < -0.39 is 9.12 Å². The molecule has 0 aliphatic rings. The molecule has 0 heterocycles. The third-order valence-electron chi connectivity index (χ3n) is 4.32. The minimum Gasteiger partial charge on any atom is -0.170 e. The van der Waals surface area contributed by atoms with Crippen LogP contribution in [-0.4, -0.2) is 46.4 Å². The maximum atomic E-state index is 4.24. The lowest BCUT2D eigenvalue weighted by atomic mass is 9.98. The summed E-state index contributed by atoms with van der Waals surface area (Å²) < 4.78 is 4.77. The van der Waals surface area contributed by atoms with Gasteiger partial charge in [-0.25, -0.2) is 0 Å². The SMILES string of the molecule is C=C(c1ccccc1)c1ccc(CCC[Si+](N(C)C)N(C)C)cc1. The smallest absolute Gasteiger partial charge is 0.170 e. The lowest BCUT2D eigenvalue weighted by Gasteiger charge is -2.13. The standard InChI is InChI=1S/C21H29N2Si/c1-18(20-11-7-6-8-12-20)21-15-13-19(14-16-21)10-9-17-24(22(2)3)23(4)5/h6-8,11-16H,1,9-10,17H2,2-5H3/q+1. The highest BCUT2D eigenvalue weighted by Gasteiger charge is 2.33. The van der Waals surface area contributed by atoms with E-state index >= 15 is 0 Å². The molecule has 0 radical (unpaired) electrons. The Morgan fingerprint density at radius 3 is 1.92 bits per heavy atom.